The summed E-state index contributed by atoms with van der Waals surface area (Å²) in [5, 5.41) is 11.6. The highest BCUT2D eigenvalue weighted by molar-refractivity contribution is 7.98. The Bertz CT molecular complexity index is 292. The van der Waals surface area contributed by atoms with Gasteiger partial charge in [-0.3, -0.25) is 0 Å². The van der Waals surface area contributed by atoms with E-state index in [4.69, 9.17) is 5.21 Å². The van der Waals surface area contributed by atoms with Crippen molar-refractivity contribution in [1.82, 2.24) is 0 Å². The van der Waals surface area contributed by atoms with E-state index >= 15 is 0 Å². The van der Waals surface area contributed by atoms with Gasteiger partial charge in [-0.1, -0.05) is 17.3 Å². The van der Waals surface area contributed by atoms with Crippen LogP contribution in [0, 0.1) is 0 Å². The van der Waals surface area contributed by atoms with E-state index in [1.807, 2.05) is 6.92 Å². The Balaban J connectivity index is 2.69. The predicted octanol–water partition coefficient (Wildman–Crippen LogP) is 2.80. The molecule has 13 heavy (non-hydrogen) atoms. The normalized spacial score (nSPS) is 11.7. The fraction of sp³-hybridized carbons (Fsp3) is 0.300. The molecule has 1 aromatic carbocycles. The summed E-state index contributed by atoms with van der Waals surface area (Å²) >= 11 is 1.72. The van der Waals surface area contributed by atoms with Crippen molar-refractivity contribution in [3.05, 3.63) is 29.8 Å². The van der Waals surface area contributed by atoms with Crippen molar-refractivity contribution in [2.45, 2.75) is 18.2 Å². The van der Waals surface area contributed by atoms with Gasteiger partial charge in [-0.05, 0) is 30.9 Å². The Morgan fingerprint density at radius 2 is 2.00 bits per heavy atom. The lowest BCUT2D eigenvalue weighted by atomic mass is 10.1. The smallest absolute Gasteiger partial charge is 0.0583 e. The van der Waals surface area contributed by atoms with Gasteiger partial charge in [0.05, 0.1) is 5.71 Å². The molecule has 0 aliphatic heterocycles. The number of hydrogen-bond donors (Lipinski definition) is 1. The van der Waals surface area contributed by atoms with Crippen LogP contribution in [0.15, 0.2) is 34.3 Å². The fourth-order valence-electron chi connectivity index (χ4n) is 1.07. The fourth-order valence-corrected chi connectivity index (χ4v) is 1.48. The highest BCUT2D eigenvalue weighted by atomic mass is 32.2. The molecule has 70 valence electrons. The molecule has 0 saturated carbocycles. The lowest BCUT2D eigenvalue weighted by Gasteiger charge is -2.00. The molecule has 0 aromatic heterocycles. The summed E-state index contributed by atoms with van der Waals surface area (Å²) in [5.74, 6) is 0. The van der Waals surface area contributed by atoms with Crippen LogP contribution in [0.1, 0.15) is 12.5 Å². The molecule has 1 aromatic rings. The number of benzene rings is 1. The first-order valence-corrected chi connectivity index (χ1v) is 5.29. The molecule has 1 rings (SSSR count). The Kier molecular flexibility index (Phi) is 3.83. The van der Waals surface area contributed by atoms with Gasteiger partial charge in [-0.25, -0.2) is 0 Å². The number of rotatable bonds is 3. The first kappa shape index (κ1) is 10.1. The van der Waals surface area contributed by atoms with Crippen LogP contribution < -0.4 is 0 Å². The van der Waals surface area contributed by atoms with Crippen molar-refractivity contribution >= 4 is 17.5 Å². The second-order valence-electron chi connectivity index (χ2n) is 2.86. The van der Waals surface area contributed by atoms with Crippen LogP contribution in [0.5, 0.6) is 0 Å². The van der Waals surface area contributed by atoms with Crippen LogP contribution in [0.2, 0.25) is 0 Å². The van der Waals surface area contributed by atoms with Gasteiger partial charge in [0.2, 0.25) is 0 Å². The van der Waals surface area contributed by atoms with Crippen molar-refractivity contribution < 1.29 is 5.21 Å². The van der Waals surface area contributed by atoms with Gasteiger partial charge in [-0.15, -0.1) is 11.8 Å². The maximum atomic E-state index is 8.48. The number of hydrogen-bond acceptors (Lipinski definition) is 3. The lowest BCUT2D eigenvalue weighted by Crippen LogP contribution is -1.96. The molecule has 0 bridgehead atoms. The van der Waals surface area contributed by atoms with Gasteiger partial charge >= 0.3 is 0 Å². The molecule has 0 atom stereocenters. The minimum absolute atomic E-state index is 0.713. The summed E-state index contributed by atoms with van der Waals surface area (Å²) in [6.45, 7) is 1.81. The third-order valence-corrected chi connectivity index (χ3v) is 2.53. The third-order valence-electron chi connectivity index (χ3n) is 1.79. The monoisotopic (exact) mass is 195 g/mol. The zero-order chi connectivity index (χ0) is 9.68. The van der Waals surface area contributed by atoms with E-state index in [2.05, 4.69) is 35.7 Å². The van der Waals surface area contributed by atoms with Crippen molar-refractivity contribution in [1.29, 1.82) is 0 Å². The molecule has 0 unspecified atom stereocenters. The molecule has 0 fully saturated rings. The SMILES string of the molecule is CSc1ccc(C/C(C)=N/O)cc1. The van der Waals surface area contributed by atoms with Crippen molar-refractivity contribution in [2.24, 2.45) is 5.16 Å². The van der Waals surface area contributed by atoms with E-state index < -0.39 is 0 Å². The van der Waals surface area contributed by atoms with E-state index in [0.29, 0.717) is 6.42 Å². The summed E-state index contributed by atoms with van der Waals surface area (Å²) in [5.41, 5.74) is 1.91. The maximum absolute atomic E-state index is 8.48. The number of oxime groups is 1. The largest absolute Gasteiger partial charge is 0.411 e. The zero-order valence-electron chi connectivity index (χ0n) is 7.82. The summed E-state index contributed by atoms with van der Waals surface area (Å²) in [6.07, 6.45) is 2.76. The minimum atomic E-state index is 0.713. The Morgan fingerprint density at radius 1 is 1.38 bits per heavy atom. The first-order chi connectivity index (χ1) is 6.26. The second-order valence-corrected chi connectivity index (χ2v) is 3.74. The van der Waals surface area contributed by atoms with Gasteiger partial charge in [0.15, 0.2) is 0 Å². The van der Waals surface area contributed by atoms with Gasteiger partial charge in [0.1, 0.15) is 0 Å². The molecule has 0 saturated heterocycles. The summed E-state index contributed by atoms with van der Waals surface area (Å²) in [6, 6.07) is 8.26. The molecule has 1 N–H and O–H groups in total. The standard InChI is InChI=1S/C10H13NOS/c1-8(11-12)7-9-3-5-10(13-2)6-4-9/h3-6,12H,7H2,1-2H3/b11-8+. The van der Waals surface area contributed by atoms with Crippen molar-refractivity contribution in [3.8, 4) is 0 Å². The summed E-state index contributed by atoms with van der Waals surface area (Å²) < 4.78 is 0. The van der Waals surface area contributed by atoms with Crippen molar-refractivity contribution in [3.63, 3.8) is 0 Å². The molecular formula is C10H13NOS. The van der Waals surface area contributed by atoms with Crippen LogP contribution >= 0.6 is 11.8 Å². The van der Waals surface area contributed by atoms with Gasteiger partial charge < -0.3 is 5.21 Å². The highest BCUT2D eigenvalue weighted by Gasteiger charge is 1.96. The molecular weight excluding hydrogens is 182 g/mol. The van der Waals surface area contributed by atoms with Crippen LogP contribution in [-0.2, 0) is 6.42 Å². The quantitative estimate of drug-likeness (QED) is 0.348. The molecule has 0 heterocycles. The topological polar surface area (TPSA) is 32.6 Å². The first-order valence-electron chi connectivity index (χ1n) is 4.06. The van der Waals surface area contributed by atoms with Gasteiger partial charge in [0, 0.05) is 11.3 Å². The Morgan fingerprint density at radius 3 is 2.46 bits per heavy atom. The second kappa shape index (κ2) is 4.92. The van der Waals surface area contributed by atoms with E-state index in [0.717, 1.165) is 5.71 Å². The number of nitrogens with zero attached hydrogens (tertiary/aromatic N) is 1. The Hall–Kier alpha value is -0.960. The average Bonchev–Trinajstić information content (AvgIpc) is 2.19. The molecule has 0 radical (unpaired) electrons. The molecule has 0 amide bonds. The van der Waals surface area contributed by atoms with E-state index in [-0.39, 0.29) is 0 Å². The van der Waals surface area contributed by atoms with Crippen LogP contribution in [0.4, 0.5) is 0 Å². The minimum Gasteiger partial charge on any atom is -0.411 e. The van der Waals surface area contributed by atoms with Crippen LogP contribution in [0.25, 0.3) is 0 Å². The maximum Gasteiger partial charge on any atom is 0.0583 e. The molecule has 0 aliphatic rings. The third kappa shape index (κ3) is 3.11. The molecule has 0 aliphatic carbocycles. The Labute approximate surface area is 82.7 Å². The molecule has 3 heteroatoms. The zero-order valence-corrected chi connectivity index (χ0v) is 8.64. The van der Waals surface area contributed by atoms with E-state index in [1.54, 1.807) is 11.8 Å². The van der Waals surface area contributed by atoms with Crippen LogP contribution in [-0.4, -0.2) is 17.2 Å². The summed E-state index contributed by atoms with van der Waals surface area (Å²) in [7, 11) is 0. The predicted molar refractivity (Wildman–Crippen MR) is 56.8 cm³/mol. The van der Waals surface area contributed by atoms with Gasteiger partial charge in [-0.2, -0.15) is 0 Å². The van der Waals surface area contributed by atoms with E-state index in [1.165, 1.54) is 10.5 Å². The lowest BCUT2D eigenvalue weighted by molar-refractivity contribution is 0.317. The highest BCUT2D eigenvalue weighted by Crippen LogP contribution is 2.15. The van der Waals surface area contributed by atoms with Gasteiger partial charge in [0.25, 0.3) is 0 Å². The summed E-state index contributed by atoms with van der Waals surface area (Å²) in [4.78, 5) is 1.25. The van der Waals surface area contributed by atoms with Crippen molar-refractivity contribution in [2.75, 3.05) is 6.26 Å². The van der Waals surface area contributed by atoms with Crippen LogP contribution in [0.3, 0.4) is 0 Å². The average molecular weight is 195 g/mol. The molecule has 0 spiro atoms. The molecule has 2 nitrogen and oxygen atoms in total. The van der Waals surface area contributed by atoms with E-state index in [9.17, 15) is 0 Å². The number of thioether (sulfide) groups is 1.